The molecule has 18 heavy (non-hydrogen) atoms. The third kappa shape index (κ3) is 3.32. The molecule has 0 aliphatic carbocycles. The quantitative estimate of drug-likeness (QED) is 0.830. The maximum Gasteiger partial charge on any atom is 0.164 e. The standard InChI is InChI=1S/C13H14INO3/c1-16-11-5-9(6-12(7-11)17-2)15-8-10-3-4-13(14)18-10/h3-7,15H,8H2,1-2H3. The number of methoxy groups -OCH3 is 2. The minimum atomic E-state index is 0.624. The molecule has 5 heteroatoms. The molecule has 2 rings (SSSR count). The molecule has 1 aromatic heterocycles. The molecule has 1 N–H and O–H groups in total. The molecule has 0 aliphatic heterocycles. The van der Waals surface area contributed by atoms with E-state index in [-0.39, 0.29) is 0 Å². The van der Waals surface area contributed by atoms with Gasteiger partial charge in [-0.15, -0.1) is 0 Å². The van der Waals surface area contributed by atoms with Crippen LogP contribution < -0.4 is 14.8 Å². The van der Waals surface area contributed by atoms with Crippen molar-refractivity contribution in [2.45, 2.75) is 6.54 Å². The fraction of sp³-hybridized carbons (Fsp3) is 0.231. The second-order valence-corrected chi connectivity index (χ2v) is 4.72. The number of anilines is 1. The lowest BCUT2D eigenvalue weighted by atomic mass is 10.2. The Bertz CT molecular complexity index is 502. The zero-order chi connectivity index (χ0) is 13.0. The second-order valence-electron chi connectivity index (χ2n) is 3.66. The molecule has 2 aromatic rings. The number of halogens is 1. The van der Waals surface area contributed by atoms with Gasteiger partial charge in [0.25, 0.3) is 0 Å². The molecule has 0 unspecified atom stereocenters. The summed E-state index contributed by atoms with van der Waals surface area (Å²) in [7, 11) is 3.26. The summed E-state index contributed by atoms with van der Waals surface area (Å²) in [5.74, 6) is 2.40. The predicted octanol–water partition coefficient (Wildman–Crippen LogP) is 3.51. The molecule has 96 valence electrons. The summed E-state index contributed by atoms with van der Waals surface area (Å²) in [6.45, 7) is 0.624. The molecule has 0 saturated heterocycles. The van der Waals surface area contributed by atoms with Crippen LogP contribution in [0.1, 0.15) is 5.76 Å². The number of rotatable bonds is 5. The van der Waals surface area contributed by atoms with Crippen molar-refractivity contribution in [2.75, 3.05) is 19.5 Å². The monoisotopic (exact) mass is 359 g/mol. The zero-order valence-corrected chi connectivity index (χ0v) is 12.4. The Hall–Kier alpha value is -1.37. The van der Waals surface area contributed by atoms with Crippen LogP contribution in [-0.2, 0) is 6.54 Å². The molecular formula is C13H14INO3. The van der Waals surface area contributed by atoms with Gasteiger partial charge in [-0.1, -0.05) is 0 Å². The van der Waals surface area contributed by atoms with E-state index in [1.165, 1.54) is 0 Å². The highest BCUT2D eigenvalue weighted by molar-refractivity contribution is 14.1. The Morgan fingerprint density at radius 2 is 1.78 bits per heavy atom. The molecule has 0 saturated carbocycles. The summed E-state index contributed by atoms with van der Waals surface area (Å²) in [5.41, 5.74) is 0.928. The molecule has 0 amide bonds. The number of nitrogens with one attached hydrogen (secondary N) is 1. The Kier molecular flexibility index (Phi) is 4.35. The van der Waals surface area contributed by atoms with Crippen molar-refractivity contribution >= 4 is 28.3 Å². The maximum atomic E-state index is 5.48. The third-order valence-electron chi connectivity index (χ3n) is 2.45. The van der Waals surface area contributed by atoms with E-state index in [1.807, 2.05) is 30.3 Å². The van der Waals surface area contributed by atoms with Crippen molar-refractivity contribution in [1.82, 2.24) is 0 Å². The van der Waals surface area contributed by atoms with Gasteiger partial charge in [-0.05, 0) is 34.7 Å². The van der Waals surface area contributed by atoms with Crippen LogP contribution >= 0.6 is 22.6 Å². The number of hydrogen-bond donors (Lipinski definition) is 1. The van der Waals surface area contributed by atoms with Crippen molar-refractivity contribution in [3.8, 4) is 11.5 Å². The van der Waals surface area contributed by atoms with E-state index in [1.54, 1.807) is 14.2 Å². The smallest absolute Gasteiger partial charge is 0.164 e. The molecule has 1 aromatic carbocycles. The van der Waals surface area contributed by atoms with Gasteiger partial charge in [0.15, 0.2) is 3.77 Å². The van der Waals surface area contributed by atoms with E-state index in [0.717, 1.165) is 26.7 Å². The molecule has 0 aliphatic rings. The molecule has 0 atom stereocenters. The topological polar surface area (TPSA) is 43.6 Å². The molecule has 0 radical (unpaired) electrons. The Balaban J connectivity index is 2.08. The van der Waals surface area contributed by atoms with Gasteiger partial charge in [-0.25, -0.2) is 0 Å². The average Bonchev–Trinajstić information content (AvgIpc) is 2.81. The third-order valence-corrected chi connectivity index (χ3v) is 3.03. The van der Waals surface area contributed by atoms with Gasteiger partial charge >= 0.3 is 0 Å². The van der Waals surface area contributed by atoms with Crippen LogP contribution in [0.25, 0.3) is 0 Å². The summed E-state index contributed by atoms with van der Waals surface area (Å²) >= 11 is 2.14. The Labute approximate surface area is 119 Å². The van der Waals surface area contributed by atoms with Crippen molar-refractivity contribution in [3.63, 3.8) is 0 Å². The van der Waals surface area contributed by atoms with E-state index in [0.29, 0.717) is 6.54 Å². The average molecular weight is 359 g/mol. The van der Waals surface area contributed by atoms with Crippen LogP contribution in [0.5, 0.6) is 11.5 Å². The number of furan rings is 1. The summed E-state index contributed by atoms with van der Waals surface area (Å²) in [6.07, 6.45) is 0. The first-order valence-corrected chi connectivity index (χ1v) is 6.50. The van der Waals surface area contributed by atoms with Crippen molar-refractivity contribution < 1.29 is 13.9 Å². The highest BCUT2D eigenvalue weighted by atomic mass is 127. The Morgan fingerprint density at radius 3 is 2.28 bits per heavy atom. The van der Waals surface area contributed by atoms with Crippen LogP contribution in [0, 0.1) is 3.77 Å². The van der Waals surface area contributed by atoms with Crippen LogP contribution in [-0.4, -0.2) is 14.2 Å². The van der Waals surface area contributed by atoms with Gasteiger partial charge in [0, 0.05) is 23.9 Å². The fourth-order valence-electron chi connectivity index (χ4n) is 1.55. The maximum absolute atomic E-state index is 5.48. The summed E-state index contributed by atoms with van der Waals surface area (Å²) in [4.78, 5) is 0. The van der Waals surface area contributed by atoms with Gasteiger partial charge in [0.2, 0.25) is 0 Å². The van der Waals surface area contributed by atoms with Crippen molar-refractivity contribution in [2.24, 2.45) is 0 Å². The minimum Gasteiger partial charge on any atom is -0.497 e. The zero-order valence-electron chi connectivity index (χ0n) is 10.2. The lowest BCUT2D eigenvalue weighted by molar-refractivity contribution is 0.394. The predicted molar refractivity (Wildman–Crippen MR) is 78.3 cm³/mol. The van der Waals surface area contributed by atoms with E-state index >= 15 is 0 Å². The van der Waals surface area contributed by atoms with E-state index in [2.05, 4.69) is 27.9 Å². The van der Waals surface area contributed by atoms with Gasteiger partial charge in [-0.3, -0.25) is 0 Å². The van der Waals surface area contributed by atoms with Crippen LogP contribution in [0.3, 0.4) is 0 Å². The van der Waals surface area contributed by atoms with Gasteiger partial charge < -0.3 is 19.2 Å². The molecule has 0 bridgehead atoms. The number of ether oxygens (including phenoxy) is 2. The SMILES string of the molecule is COc1cc(NCc2ccc(I)o2)cc(OC)c1. The summed E-state index contributed by atoms with van der Waals surface area (Å²) < 4.78 is 16.8. The highest BCUT2D eigenvalue weighted by Gasteiger charge is 2.03. The number of benzene rings is 1. The first-order valence-electron chi connectivity index (χ1n) is 5.42. The van der Waals surface area contributed by atoms with Crippen LogP contribution in [0.4, 0.5) is 5.69 Å². The van der Waals surface area contributed by atoms with E-state index < -0.39 is 0 Å². The Morgan fingerprint density at radius 1 is 1.11 bits per heavy atom. The normalized spacial score (nSPS) is 10.2. The largest absolute Gasteiger partial charge is 0.497 e. The van der Waals surface area contributed by atoms with E-state index in [4.69, 9.17) is 13.9 Å². The molecule has 0 fully saturated rings. The van der Waals surface area contributed by atoms with Gasteiger partial charge in [0.1, 0.15) is 17.3 Å². The first kappa shape index (κ1) is 13.1. The summed E-state index contributed by atoms with van der Waals surface area (Å²) in [6, 6.07) is 9.55. The number of hydrogen-bond acceptors (Lipinski definition) is 4. The highest BCUT2D eigenvalue weighted by Crippen LogP contribution is 2.26. The van der Waals surface area contributed by atoms with Crippen LogP contribution in [0.2, 0.25) is 0 Å². The lowest BCUT2D eigenvalue weighted by Gasteiger charge is -2.09. The van der Waals surface area contributed by atoms with Gasteiger partial charge in [0.05, 0.1) is 20.8 Å². The van der Waals surface area contributed by atoms with Gasteiger partial charge in [-0.2, -0.15) is 0 Å². The molecule has 1 heterocycles. The minimum absolute atomic E-state index is 0.624. The van der Waals surface area contributed by atoms with Crippen molar-refractivity contribution in [3.05, 3.63) is 39.9 Å². The lowest BCUT2D eigenvalue weighted by Crippen LogP contribution is -1.99. The molecule has 0 spiro atoms. The summed E-state index contributed by atoms with van der Waals surface area (Å²) in [5, 5.41) is 3.27. The molecular weight excluding hydrogens is 345 g/mol. The first-order chi connectivity index (χ1) is 8.71. The second kappa shape index (κ2) is 5.99. The van der Waals surface area contributed by atoms with E-state index in [9.17, 15) is 0 Å². The fourth-order valence-corrected chi connectivity index (χ4v) is 2.01. The molecule has 4 nitrogen and oxygen atoms in total. The van der Waals surface area contributed by atoms with Crippen LogP contribution in [0.15, 0.2) is 34.7 Å². The van der Waals surface area contributed by atoms with Crippen molar-refractivity contribution in [1.29, 1.82) is 0 Å².